The van der Waals surface area contributed by atoms with Gasteiger partial charge in [-0.2, -0.15) is 6.42 Å². The van der Waals surface area contributed by atoms with E-state index >= 15 is 0 Å². The summed E-state index contributed by atoms with van der Waals surface area (Å²) in [6, 6.07) is 0. The molecule has 0 atom stereocenters. The third kappa shape index (κ3) is 2.10. The highest BCUT2D eigenvalue weighted by Crippen LogP contribution is 1.95. The van der Waals surface area contributed by atoms with Crippen molar-refractivity contribution in [2.45, 2.75) is 6.42 Å². The summed E-state index contributed by atoms with van der Waals surface area (Å²) in [5.41, 5.74) is 0. The van der Waals surface area contributed by atoms with Crippen molar-refractivity contribution in [1.82, 2.24) is 4.90 Å². The zero-order valence-corrected chi connectivity index (χ0v) is 6.55. The fourth-order valence-corrected chi connectivity index (χ4v) is 1.24. The Bertz CT molecular complexity index is 110. The molecule has 0 radical (unpaired) electrons. The number of hydrogen-bond acceptors (Lipinski definition) is 1. The molecule has 1 aliphatic rings. The summed E-state index contributed by atoms with van der Waals surface area (Å²) in [6.07, 6.45) is 1.02. The smallest absolute Gasteiger partial charge is 0.154 e. The summed E-state index contributed by atoms with van der Waals surface area (Å²) in [7, 11) is 0. The molecule has 1 heterocycles. The van der Waals surface area contributed by atoms with Gasteiger partial charge in [0.1, 0.15) is 6.72 Å². The second kappa shape index (κ2) is 3.71. The van der Waals surface area contributed by atoms with Crippen molar-refractivity contribution in [1.29, 1.82) is 0 Å². The fourth-order valence-electron chi connectivity index (χ4n) is 1.24. The van der Waals surface area contributed by atoms with E-state index in [2.05, 4.69) is 23.1 Å². The summed E-state index contributed by atoms with van der Waals surface area (Å²) in [5, 5.41) is 0. The van der Waals surface area contributed by atoms with Gasteiger partial charge < -0.3 is 6.92 Å². The predicted octanol–water partition coefficient (Wildman–Crippen LogP) is 0.239. The number of nitrogens with zero attached hydrogens (tertiary/aromatic N) is 2. The van der Waals surface area contributed by atoms with E-state index in [1.165, 1.54) is 13.1 Å². The molecule has 0 saturated carbocycles. The standard InChI is InChI=1S/C8H16N2/c1-3-4-10-7-5-9(2)6-8-10/h1-8H2. The molecule has 1 rings (SSSR count). The molecule has 58 valence electrons. The second-order valence-electron chi connectivity index (χ2n) is 2.81. The normalized spacial score (nSPS) is 21.5. The summed E-state index contributed by atoms with van der Waals surface area (Å²) < 4.78 is 2.12. The molecule has 0 aromatic heterocycles. The van der Waals surface area contributed by atoms with Crippen molar-refractivity contribution in [3.8, 4) is 0 Å². The van der Waals surface area contributed by atoms with Crippen LogP contribution < -0.4 is 0 Å². The van der Waals surface area contributed by atoms with Gasteiger partial charge >= 0.3 is 0 Å². The third-order valence-corrected chi connectivity index (χ3v) is 1.94. The Morgan fingerprint density at radius 3 is 2.50 bits per heavy atom. The number of rotatable bonds is 2. The van der Waals surface area contributed by atoms with Crippen LogP contribution in [0.2, 0.25) is 0 Å². The molecule has 10 heavy (non-hydrogen) atoms. The fraction of sp³-hybridized carbons (Fsp3) is 0.750. The van der Waals surface area contributed by atoms with Gasteiger partial charge in [-0.25, -0.2) is 4.58 Å². The zero-order valence-electron chi connectivity index (χ0n) is 6.55. The first-order chi connectivity index (χ1) is 4.83. The van der Waals surface area contributed by atoms with E-state index in [4.69, 9.17) is 0 Å². The predicted molar refractivity (Wildman–Crippen MR) is 43.5 cm³/mol. The van der Waals surface area contributed by atoms with Crippen LogP contribution in [0.3, 0.4) is 0 Å². The summed E-state index contributed by atoms with van der Waals surface area (Å²) in [4.78, 5) is 2.44. The molecular weight excluding hydrogens is 124 g/mol. The topological polar surface area (TPSA) is 6.25 Å². The van der Waals surface area contributed by atoms with Crippen LogP contribution in [-0.2, 0) is 0 Å². The van der Waals surface area contributed by atoms with Gasteiger partial charge in [-0.1, -0.05) is 0 Å². The number of hydrogen-bond donors (Lipinski definition) is 0. The van der Waals surface area contributed by atoms with Gasteiger partial charge in [0, 0.05) is 0 Å². The van der Waals surface area contributed by atoms with Crippen molar-refractivity contribution < 1.29 is 4.58 Å². The van der Waals surface area contributed by atoms with E-state index in [0.29, 0.717) is 0 Å². The minimum absolute atomic E-state index is 1.02. The Hall–Kier alpha value is -0.370. The third-order valence-electron chi connectivity index (χ3n) is 1.94. The van der Waals surface area contributed by atoms with Crippen LogP contribution in [0.5, 0.6) is 0 Å². The number of piperazine rings is 1. The molecule has 2 nitrogen and oxygen atoms in total. The van der Waals surface area contributed by atoms with Crippen LogP contribution in [0.15, 0.2) is 0 Å². The Morgan fingerprint density at radius 2 is 2.00 bits per heavy atom. The quantitative estimate of drug-likeness (QED) is 0.393. The van der Waals surface area contributed by atoms with Gasteiger partial charge in [0.05, 0.1) is 13.1 Å². The van der Waals surface area contributed by atoms with E-state index < -0.39 is 0 Å². The lowest BCUT2D eigenvalue weighted by Crippen LogP contribution is -2.41. The zero-order chi connectivity index (χ0) is 7.40. The van der Waals surface area contributed by atoms with Crippen LogP contribution >= 0.6 is 0 Å². The van der Waals surface area contributed by atoms with E-state index in [0.717, 1.165) is 26.1 Å². The molecule has 0 aromatic carbocycles. The van der Waals surface area contributed by atoms with E-state index in [9.17, 15) is 0 Å². The first-order valence-electron chi connectivity index (χ1n) is 3.90. The molecule has 1 fully saturated rings. The van der Waals surface area contributed by atoms with Gasteiger partial charge in [0.2, 0.25) is 0 Å². The van der Waals surface area contributed by atoms with Crippen molar-refractivity contribution in [3.63, 3.8) is 0 Å². The Morgan fingerprint density at radius 1 is 1.40 bits per heavy atom. The molecule has 0 N–H and O–H groups in total. The van der Waals surface area contributed by atoms with Crippen molar-refractivity contribution >= 4 is 6.72 Å². The van der Waals surface area contributed by atoms with Crippen LogP contribution in [0.25, 0.3) is 0 Å². The minimum atomic E-state index is 1.02. The van der Waals surface area contributed by atoms with E-state index in [-0.39, 0.29) is 0 Å². The van der Waals surface area contributed by atoms with E-state index in [1.807, 2.05) is 0 Å². The Balaban J connectivity index is 2.19. The average molecular weight is 140 g/mol. The lowest BCUT2D eigenvalue weighted by atomic mass is 10.3. The van der Waals surface area contributed by atoms with Crippen LogP contribution in [0.1, 0.15) is 6.42 Å². The Kier molecular flexibility index (Phi) is 2.87. The lowest BCUT2D eigenvalue weighted by molar-refractivity contribution is -0.531. The van der Waals surface area contributed by atoms with Gasteiger partial charge in [-0.3, -0.25) is 4.90 Å². The van der Waals surface area contributed by atoms with Gasteiger partial charge in [-0.05, 0) is 6.54 Å². The first-order valence-corrected chi connectivity index (χ1v) is 3.90. The molecule has 2 heteroatoms. The van der Waals surface area contributed by atoms with Crippen molar-refractivity contribution in [2.75, 3.05) is 32.7 Å². The molecular formula is C8H16N2. The van der Waals surface area contributed by atoms with Crippen molar-refractivity contribution in [2.24, 2.45) is 0 Å². The monoisotopic (exact) mass is 140 g/mol. The highest BCUT2D eigenvalue weighted by Gasteiger charge is 2.14. The van der Waals surface area contributed by atoms with Gasteiger partial charge in [0.25, 0.3) is 0 Å². The van der Waals surface area contributed by atoms with Crippen LogP contribution in [0, 0.1) is 6.92 Å². The lowest BCUT2D eigenvalue weighted by Gasteiger charge is -2.24. The first kappa shape index (κ1) is 7.73. The largest absolute Gasteiger partial charge is 0.342 e. The average Bonchev–Trinajstić information content (AvgIpc) is 1.95. The Labute approximate surface area is 63.2 Å². The molecule has 0 aliphatic carbocycles. The molecule has 0 amide bonds. The highest BCUT2D eigenvalue weighted by atomic mass is 15.2. The van der Waals surface area contributed by atoms with Gasteiger partial charge in [-0.15, -0.1) is 0 Å². The minimum Gasteiger partial charge on any atom is -0.342 e. The summed E-state index contributed by atoms with van der Waals surface area (Å²) in [6.45, 7) is 13.4. The SMILES string of the molecule is C=[N+]1CCN(CC[CH2-])CC1. The van der Waals surface area contributed by atoms with Gasteiger partial charge in [0.15, 0.2) is 13.1 Å². The maximum atomic E-state index is 3.88. The van der Waals surface area contributed by atoms with Crippen LogP contribution in [0.4, 0.5) is 0 Å². The maximum absolute atomic E-state index is 3.88. The molecule has 1 saturated heterocycles. The van der Waals surface area contributed by atoms with Crippen LogP contribution in [-0.4, -0.2) is 48.9 Å². The van der Waals surface area contributed by atoms with E-state index in [1.54, 1.807) is 0 Å². The molecule has 0 aromatic rings. The molecule has 0 spiro atoms. The molecule has 0 bridgehead atoms. The molecule has 1 aliphatic heterocycles. The maximum Gasteiger partial charge on any atom is 0.154 e. The second-order valence-corrected chi connectivity index (χ2v) is 2.81. The summed E-state index contributed by atoms with van der Waals surface area (Å²) in [5.74, 6) is 0. The van der Waals surface area contributed by atoms with Crippen molar-refractivity contribution in [3.05, 3.63) is 6.92 Å². The highest BCUT2D eigenvalue weighted by molar-refractivity contribution is 5.14. The molecule has 0 unspecified atom stereocenters. The summed E-state index contributed by atoms with van der Waals surface area (Å²) >= 11 is 0.